The SMILES string of the molecule is CC1CCCCC12NC(=O)N(CC(=O)NCCS(=O)(=O)NCc1ccccc1)C2=O. The van der Waals surface area contributed by atoms with Crippen molar-refractivity contribution in [2.75, 3.05) is 18.8 Å². The van der Waals surface area contributed by atoms with Gasteiger partial charge in [-0.05, 0) is 24.3 Å². The Hall–Kier alpha value is -2.46. The number of urea groups is 1. The number of nitrogens with one attached hydrogen (secondary N) is 3. The Bertz CT molecular complexity index is 905. The molecule has 1 aliphatic carbocycles. The molecule has 2 unspecified atom stereocenters. The zero-order valence-corrected chi connectivity index (χ0v) is 17.8. The number of amides is 4. The second-order valence-corrected chi connectivity index (χ2v) is 9.84. The van der Waals surface area contributed by atoms with E-state index < -0.39 is 34.0 Å². The lowest BCUT2D eigenvalue weighted by Gasteiger charge is -2.36. The predicted octanol–water partition coefficient (Wildman–Crippen LogP) is 0.723. The number of benzene rings is 1. The Kier molecular flexibility index (Phi) is 6.77. The molecule has 3 N–H and O–H groups in total. The fraction of sp³-hybridized carbons (Fsp3) is 0.550. The number of rotatable bonds is 8. The molecule has 1 saturated carbocycles. The van der Waals surface area contributed by atoms with E-state index in [2.05, 4.69) is 15.4 Å². The first-order valence-electron chi connectivity index (χ1n) is 10.2. The van der Waals surface area contributed by atoms with Crippen LogP contribution in [0.5, 0.6) is 0 Å². The van der Waals surface area contributed by atoms with Crippen molar-refractivity contribution in [3.05, 3.63) is 35.9 Å². The van der Waals surface area contributed by atoms with Gasteiger partial charge < -0.3 is 10.6 Å². The maximum Gasteiger partial charge on any atom is 0.325 e. The molecule has 1 aromatic carbocycles. The van der Waals surface area contributed by atoms with Gasteiger partial charge in [-0.1, -0.05) is 50.1 Å². The summed E-state index contributed by atoms with van der Waals surface area (Å²) in [5, 5.41) is 5.26. The third-order valence-electron chi connectivity index (χ3n) is 5.84. The summed E-state index contributed by atoms with van der Waals surface area (Å²) in [4.78, 5) is 38.3. The van der Waals surface area contributed by atoms with Crippen molar-refractivity contribution < 1.29 is 22.8 Å². The van der Waals surface area contributed by atoms with Gasteiger partial charge in [0.2, 0.25) is 15.9 Å². The van der Waals surface area contributed by atoms with Gasteiger partial charge in [-0.15, -0.1) is 0 Å². The Balaban J connectivity index is 1.46. The van der Waals surface area contributed by atoms with Crippen LogP contribution in [0.4, 0.5) is 4.79 Å². The highest BCUT2D eigenvalue weighted by Gasteiger charge is 2.55. The number of imide groups is 1. The van der Waals surface area contributed by atoms with E-state index in [-0.39, 0.29) is 30.7 Å². The summed E-state index contributed by atoms with van der Waals surface area (Å²) < 4.78 is 26.6. The largest absolute Gasteiger partial charge is 0.353 e. The van der Waals surface area contributed by atoms with Crippen molar-refractivity contribution in [2.45, 2.75) is 44.7 Å². The van der Waals surface area contributed by atoms with Crippen LogP contribution in [0, 0.1) is 5.92 Å². The monoisotopic (exact) mass is 436 g/mol. The molecule has 164 valence electrons. The van der Waals surface area contributed by atoms with Gasteiger partial charge in [-0.3, -0.25) is 14.5 Å². The Morgan fingerprint density at radius 2 is 1.97 bits per heavy atom. The zero-order valence-electron chi connectivity index (χ0n) is 17.0. The van der Waals surface area contributed by atoms with Gasteiger partial charge in [0.1, 0.15) is 12.1 Å². The van der Waals surface area contributed by atoms with Crippen molar-refractivity contribution in [1.82, 2.24) is 20.3 Å². The molecule has 30 heavy (non-hydrogen) atoms. The van der Waals surface area contributed by atoms with Crippen LogP contribution >= 0.6 is 0 Å². The molecule has 2 aliphatic rings. The summed E-state index contributed by atoms with van der Waals surface area (Å²) >= 11 is 0. The Labute approximate surface area is 176 Å². The average molecular weight is 437 g/mol. The molecule has 10 heteroatoms. The van der Waals surface area contributed by atoms with Crippen LogP contribution in [0.25, 0.3) is 0 Å². The van der Waals surface area contributed by atoms with Crippen LogP contribution in [0.3, 0.4) is 0 Å². The summed E-state index contributed by atoms with van der Waals surface area (Å²) in [5.74, 6) is -1.23. The van der Waals surface area contributed by atoms with Gasteiger partial charge in [-0.2, -0.15) is 0 Å². The van der Waals surface area contributed by atoms with Crippen LogP contribution in [0.1, 0.15) is 38.2 Å². The highest BCUT2D eigenvalue weighted by atomic mass is 32.2. The van der Waals surface area contributed by atoms with Gasteiger partial charge >= 0.3 is 6.03 Å². The number of nitrogens with zero attached hydrogens (tertiary/aromatic N) is 1. The van der Waals surface area contributed by atoms with Crippen molar-refractivity contribution in [3.8, 4) is 0 Å². The van der Waals surface area contributed by atoms with Crippen LogP contribution < -0.4 is 15.4 Å². The normalized spacial score (nSPS) is 24.2. The van der Waals surface area contributed by atoms with Crippen molar-refractivity contribution in [1.29, 1.82) is 0 Å². The van der Waals surface area contributed by atoms with E-state index in [1.807, 2.05) is 37.3 Å². The molecule has 3 rings (SSSR count). The summed E-state index contributed by atoms with van der Waals surface area (Å²) in [6.07, 6.45) is 3.28. The molecule has 1 saturated heterocycles. The third kappa shape index (κ3) is 4.99. The minimum Gasteiger partial charge on any atom is -0.353 e. The van der Waals surface area contributed by atoms with Crippen LogP contribution in [-0.4, -0.2) is 55.5 Å². The summed E-state index contributed by atoms with van der Waals surface area (Å²) in [6, 6.07) is 8.52. The minimum absolute atomic E-state index is 0.0107. The number of carbonyl (C=O) groups excluding carboxylic acids is 3. The summed E-state index contributed by atoms with van der Waals surface area (Å²) in [6.45, 7) is 1.57. The zero-order chi connectivity index (χ0) is 21.8. The van der Waals surface area contributed by atoms with Crippen LogP contribution in [-0.2, 0) is 26.2 Å². The number of sulfonamides is 1. The van der Waals surface area contributed by atoms with Gasteiger partial charge in [0.15, 0.2) is 0 Å². The second-order valence-electron chi connectivity index (χ2n) is 7.92. The molecular weight excluding hydrogens is 408 g/mol. The van der Waals surface area contributed by atoms with Gasteiger partial charge in [0, 0.05) is 13.1 Å². The van der Waals surface area contributed by atoms with Crippen molar-refractivity contribution in [3.63, 3.8) is 0 Å². The molecule has 1 heterocycles. The molecule has 1 aliphatic heterocycles. The molecule has 1 aromatic rings. The fourth-order valence-electron chi connectivity index (χ4n) is 4.02. The Morgan fingerprint density at radius 3 is 2.67 bits per heavy atom. The lowest BCUT2D eigenvalue weighted by molar-refractivity contribution is -0.137. The molecule has 1 spiro atoms. The van der Waals surface area contributed by atoms with Crippen molar-refractivity contribution in [2.24, 2.45) is 5.92 Å². The lowest BCUT2D eigenvalue weighted by Crippen LogP contribution is -2.54. The first-order chi connectivity index (χ1) is 14.2. The Morgan fingerprint density at radius 1 is 1.23 bits per heavy atom. The molecule has 2 fully saturated rings. The molecule has 4 amide bonds. The quantitative estimate of drug-likeness (QED) is 0.518. The first-order valence-corrected chi connectivity index (χ1v) is 11.8. The lowest BCUT2D eigenvalue weighted by atomic mass is 9.73. The highest BCUT2D eigenvalue weighted by molar-refractivity contribution is 7.89. The number of carbonyl (C=O) groups is 3. The molecular formula is C20H28N4O5S. The topological polar surface area (TPSA) is 125 Å². The maximum absolute atomic E-state index is 12.8. The van der Waals surface area contributed by atoms with E-state index in [0.29, 0.717) is 6.42 Å². The van der Waals surface area contributed by atoms with E-state index in [4.69, 9.17) is 0 Å². The van der Waals surface area contributed by atoms with Crippen LogP contribution in [0.2, 0.25) is 0 Å². The van der Waals surface area contributed by atoms with E-state index in [0.717, 1.165) is 29.7 Å². The van der Waals surface area contributed by atoms with Gasteiger partial charge in [0.05, 0.1) is 5.75 Å². The number of hydrogen-bond acceptors (Lipinski definition) is 5. The van der Waals surface area contributed by atoms with Crippen LogP contribution in [0.15, 0.2) is 30.3 Å². The van der Waals surface area contributed by atoms with E-state index in [1.54, 1.807) is 0 Å². The second kappa shape index (κ2) is 9.13. The highest BCUT2D eigenvalue weighted by Crippen LogP contribution is 2.38. The van der Waals surface area contributed by atoms with E-state index >= 15 is 0 Å². The standard InChI is InChI=1S/C20H28N4O5S/c1-15-7-5-6-10-20(15)18(26)24(19(27)23-20)14-17(25)21-11-12-30(28,29)22-13-16-8-3-2-4-9-16/h2-4,8-9,15,22H,5-7,10-14H2,1H3,(H,21,25)(H,23,27). The van der Waals surface area contributed by atoms with E-state index in [1.165, 1.54) is 0 Å². The molecule has 9 nitrogen and oxygen atoms in total. The molecule has 0 bridgehead atoms. The summed E-state index contributed by atoms with van der Waals surface area (Å²) in [7, 11) is -3.58. The minimum atomic E-state index is -3.58. The predicted molar refractivity (Wildman–Crippen MR) is 111 cm³/mol. The van der Waals surface area contributed by atoms with Gasteiger partial charge in [0.25, 0.3) is 5.91 Å². The molecule has 0 radical (unpaired) electrons. The van der Waals surface area contributed by atoms with E-state index in [9.17, 15) is 22.8 Å². The smallest absolute Gasteiger partial charge is 0.325 e. The third-order valence-corrected chi connectivity index (χ3v) is 7.16. The molecule has 0 aromatic heterocycles. The average Bonchev–Trinajstić information content (AvgIpc) is 2.94. The van der Waals surface area contributed by atoms with Crippen molar-refractivity contribution >= 4 is 27.9 Å². The summed E-state index contributed by atoms with van der Waals surface area (Å²) in [5.41, 5.74) is -0.0881. The first kappa shape index (κ1) is 22.2. The maximum atomic E-state index is 12.8. The van der Waals surface area contributed by atoms with Gasteiger partial charge in [-0.25, -0.2) is 17.9 Å². The fourth-order valence-corrected chi connectivity index (χ4v) is 4.93. The number of hydrogen-bond donors (Lipinski definition) is 3. The molecule has 2 atom stereocenters.